The fourth-order valence-electron chi connectivity index (χ4n) is 2.81. The van der Waals surface area contributed by atoms with Crippen molar-refractivity contribution in [1.29, 1.82) is 0 Å². The Hall–Kier alpha value is -0.850. The van der Waals surface area contributed by atoms with Crippen LogP contribution in [0.1, 0.15) is 11.6 Å². The summed E-state index contributed by atoms with van der Waals surface area (Å²) in [4.78, 5) is 14.6. The highest BCUT2D eigenvalue weighted by molar-refractivity contribution is 6.31. The van der Waals surface area contributed by atoms with Crippen LogP contribution in [0, 0.1) is 0 Å². The number of rotatable bonds is 2. The van der Waals surface area contributed by atoms with Gasteiger partial charge in [-0.3, -0.25) is 4.79 Å². The van der Waals surface area contributed by atoms with Crippen LogP contribution in [0.3, 0.4) is 0 Å². The van der Waals surface area contributed by atoms with Gasteiger partial charge >= 0.3 is 0 Å². The van der Waals surface area contributed by atoms with E-state index in [-0.39, 0.29) is 24.4 Å². The lowest BCUT2D eigenvalue weighted by atomic mass is 10.0. The van der Waals surface area contributed by atoms with Crippen molar-refractivity contribution in [2.24, 2.45) is 0 Å². The molecule has 1 aromatic rings. The number of benzene rings is 1. The number of hydrogen-bond acceptors (Lipinski definition) is 4. The highest BCUT2D eigenvalue weighted by atomic mass is 35.5. The van der Waals surface area contributed by atoms with Crippen molar-refractivity contribution in [1.82, 2.24) is 10.2 Å². The Morgan fingerprint density at radius 1 is 1.32 bits per heavy atom. The number of halogens is 2. The number of nitrogens with one attached hydrogen (secondary N) is 1. The largest absolute Gasteiger partial charge is 0.376 e. The first-order valence-corrected chi connectivity index (χ1v) is 7.60. The molecule has 0 spiro atoms. The van der Waals surface area contributed by atoms with E-state index in [9.17, 15) is 4.79 Å². The van der Waals surface area contributed by atoms with Crippen LogP contribution in [0.25, 0.3) is 0 Å². The van der Waals surface area contributed by atoms with Gasteiger partial charge in [-0.05, 0) is 11.6 Å². The number of amides is 1. The summed E-state index contributed by atoms with van der Waals surface area (Å²) in [5.41, 5.74) is 0.969. The van der Waals surface area contributed by atoms with Crippen molar-refractivity contribution >= 4 is 29.9 Å². The maximum Gasteiger partial charge on any atom is 0.254 e. The molecule has 2 aliphatic rings. The zero-order chi connectivity index (χ0) is 14.7. The smallest absolute Gasteiger partial charge is 0.254 e. The van der Waals surface area contributed by atoms with Gasteiger partial charge in [0.2, 0.25) is 0 Å². The van der Waals surface area contributed by atoms with Crippen molar-refractivity contribution in [2.45, 2.75) is 12.1 Å². The second-order valence-electron chi connectivity index (χ2n) is 5.21. The number of nitrogens with zero attached hydrogens (tertiary/aromatic N) is 1. The van der Waals surface area contributed by atoms with Crippen LogP contribution in [0.15, 0.2) is 24.3 Å². The Morgan fingerprint density at radius 3 is 2.86 bits per heavy atom. The molecule has 1 aromatic carbocycles. The Labute approximate surface area is 141 Å². The van der Waals surface area contributed by atoms with Crippen LogP contribution in [0.4, 0.5) is 0 Å². The SMILES string of the molecule is Cl.O=C(C1COCCO1)N1CCNCC1c1ccccc1Cl. The molecular formula is C15H20Cl2N2O3. The lowest BCUT2D eigenvalue weighted by Gasteiger charge is -2.39. The normalized spacial score (nSPS) is 25.4. The predicted octanol–water partition coefficient (Wildman–Crippen LogP) is 1.65. The van der Waals surface area contributed by atoms with E-state index in [1.807, 2.05) is 29.2 Å². The Bertz CT molecular complexity index is 509. The van der Waals surface area contributed by atoms with E-state index in [4.69, 9.17) is 21.1 Å². The molecule has 0 aliphatic carbocycles. The molecule has 22 heavy (non-hydrogen) atoms. The van der Waals surface area contributed by atoms with Gasteiger partial charge in [-0.1, -0.05) is 29.8 Å². The molecule has 0 saturated carbocycles. The van der Waals surface area contributed by atoms with Crippen molar-refractivity contribution < 1.29 is 14.3 Å². The molecule has 2 fully saturated rings. The molecule has 1 N–H and O–H groups in total. The third-order valence-electron chi connectivity index (χ3n) is 3.88. The summed E-state index contributed by atoms with van der Waals surface area (Å²) in [7, 11) is 0. The van der Waals surface area contributed by atoms with Crippen LogP contribution in [0.2, 0.25) is 5.02 Å². The Balaban J connectivity index is 0.00000176. The summed E-state index contributed by atoms with van der Waals surface area (Å²) in [6.45, 7) is 3.48. The number of piperazine rings is 1. The van der Waals surface area contributed by atoms with Gasteiger partial charge in [0, 0.05) is 24.7 Å². The second kappa shape index (κ2) is 8.13. The summed E-state index contributed by atoms with van der Waals surface area (Å²) in [5, 5.41) is 4.01. The number of carbonyl (C=O) groups is 1. The highest BCUT2D eigenvalue weighted by Gasteiger charge is 2.34. The minimum absolute atomic E-state index is 0. The topological polar surface area (TPSA) is 50.8 Å². The van der Waals surface area contributed by atoms with E-state index in [0.717, 1.165) is 12.1 Å². The highest BCUT2D eigenvalue weighted by Crippen LogP contribution is 2.29. The molecule has 5 nitrogen and oxygen atoms in total. The molecule has 0 radical (unpaired) electrons. The molecule has 2 heterocycles. The summed E-state index contributed by atoms with van der Waals surface area (Å²) >= 11 is 6.29. The molecule has 2 saturated heterocycles. The molecule has 2 unspecified atom stereocenters. The van der Waals surface area contributed by atoms with Crippen molar-refractivity contribution in [3.05, 3.63) is 34.9 Å². The van der Waals surface area contributed by atoms with Gasteiger partial charge in [0.1, 0.15) is 0 Å². The van der Waals surface area contributed by atoms with Gasteiger partial charge in [0.15, 0.2) is 6.10 Å². The number of ether oxygens (including phenoxy) is 2. The van der Waals surface area contributed by atoms with Gasteiger partial charge in [0.05, 0.1) is 25.9 Å². The molecular weight excluding hydrogens is 327 g/mol. The van der Waals surface area contributed by atoms with E-state index in [2.05, 4.69) is 5.32 Å². The average molecular weight is 347 g/mol. The predicted molar refractivity (Wildman–Crippen MR) is 86.6 cm³/mol. The molecule has 0 bridgehead atoms. The summed E-state index contributed by atoms with van der Waals surface area (Å²) < 4.78 is 10.9. The Morgan fingerprint density at radius 2 is 2.14 bits per heavy atom. The summed E-state index contributed by atoms with van der Waals surface area (Å²) in [6.07, 6.45) is -0.498. The molecule has 2 atom stereocenters. The standard InChI is InChI=1S/C15H19ClN2O3.ClH/c16-12-4-2-1-3-11(12)13-9-17-5-6-18(13)15(19)14-10-20-7-8-21-14;/h1-4,13-14,17H,5-10H2;1H. The first-order valence-electron chi connectivity index (χ1n) is 7.22. The molecule has 3 rings (SSSR count). The van der Waals surface area contributed by atoms with Crippen molar-refractivity contribution in [3.8, 4) is 0 Å². The van der Waals surface area contributed by atoms with Crippen LogP contribution in [0.5, 0.6) is 0 Å². The lowest BCUT2D eigenvalue weighted by Crippen LogP contribution is -2.53. The van der Waals surface area contributed by atoms with E-state index in [1.165, 1.54) is 0 Å². The Kier molecular flexibility index (Phi) is 6.47. The molecule has 7 heteroatoms. The van der Waals surface area contributed by atoms with Gasteiger partial charge in [-0.25, -0.2) is 0 Å². The zero-order valence-electron chi connectivity index (χ0n) is 12.2. The fourth-order valence-corrected chi connectivity index (χ4v) is 3.07. The first-order chi connectivity index (χ1) is 10.3. The first kappa shape index (κ1) is 17.5. The van der Waals surface area contributed by atoms with Crippen molar-refractivity contribution in [2.75, 3.05) is 39.5 Å². The van der Waals surface area contributed by atoms with Crippen LogP contribution >= 0.6 is 24.0 Å². The fraction of sp³-hybridized carbons (Fsp3) is 0.533. The minimum atomic E-state index is -0.498. The summed E-state index contributed by atoms with van der Waals surface area (Å²) in [6, 6.07) is 7.60. The van der Waals surface area contributed by atoms with Crippen LogP contribution < -0.4 is 5.32 Å². The number of hydrogen-bond donors (Lipinski definition) is 1. The minimum Gasteiger partial charge on any atom is -0.376 e. The monoisotopic (exact) mass is 346 g/mol. The molecule has 1 amide bonds. The third kappa shape index (κ3) is 3.73. The van der Waals surface area contributed by atoms with Gasteiger partial charge in [-0.2, -0.15) is 0 Å². The summed E-state index contributed by atoms with van der Waals surface area (Å²) in [5.74, 6) is -0.0129. The van der Waals surface area contributed by atoms with Crippen LogP contribution in [-0.2, 0) is 14.3 Å². The zero-order valence-corrected chi connectivity index (χ0v) is 13.7. The quantitative estimate of drug-likeness (QED) is 0.884. The van der Waals surface area contributed by atoms with Gasteiger partial charge in [0.25, 0.3) is 5.91 Å². The molecule has 2 aliphatic heterocycles. The molecule has 122 valence electrons. The van der Waals surface area contributed by atoms with E-state index in [1.54, 1.807) is 0 Å². The maximum atomic E-state index is 12.7. The van der Waals surface area contributed by atoms with Crippen molar-refractivity contribution in [3.63, 3.8) is 0 Å². The average Bonchev–Trinajstić information content (AvgIpc) is 2.55. The number of carbonyl (C=O) groups excluding carboxylic acids is 1. The van der Waals surface area contributed by atoms with E-state index >= 15 is 0 Å². The lowest BCUT2D eigenvalue weighted by molar-refractivity contribution is -0.161. The van der Waals surface area contributed by atoms with Gasteiger partial charge in [-0.15, -0.1) is 12.4 Å². The van der Waals surface area contributed by atoms with Crippen LogP contribution in [-0.4, -0.2) is 56.4 Å². The molecule has 0 aromatic heterocycles. The second-order valence-corrected chi connectivity index (χ2v) is 5.61. The van der Waals surface area contributed by atoms with Gasteiger partial charge < -0.3 is 19.7 Å². The third-order valence-corrected chi connectivity index (χ3v) is 4.23. The van der Waals surface area contributed by atoms with E-state index in [0.29, 0.717) is 37.9 Å². The maximum absolute atomic E-state index is 12.7. The van der Waals surface area contributed by atoms with E-state index < -0.39 is 6.10 Å².